The maximum Gasteiger partial charge on any atom is 0.356 e. The van der Waals surface area contributed by atoms with Crippen LogP contribution in [0.3, 0.4) is 0 Å². The molecular formula is C15H22N4O. The molecule has 0 bridgehead atoms. The van der Waals surface area contributed by atoms with E-state index in [1.54, 1.807) is 6.20 Å². The molecule has 0 N–H and O–H groups in total. The molecule has 0 spiro atoms. The Hall–Kier alpha value is -1.91. The van der Waals surface area contributed by atoms with Crippen LogP contribution in [0.1, 0.15) is 37.8 Å². The lowest BCUT2D eigenvalue weighted by atomic mass is 10.2. The Morgan fingerprint density at radius 2 is 1.80 bits per heavy atom. The smallest absolute Gasteiger partial charge is 0.341 e. The Morgan fingerprint density at radius 3 is 2.40 bits per heavy atom. The number of pyridine rings is 1. The standard InChI is InChI=1S/C15H22N4O/c1-5-8-18(9-6-2)14-16-13-12(4)11(3)7-10-19(13)15(20)17-14/h7,10H,5-6,8-9H2,1-4H3. The lowest BCUT2D eigenvalue weighted by Gasteiger charge is -2.21. The van der Waals surface area contributed by atoms with E-state index in [0.717, 1.165) is 37.1 Å². The third-order valence-corrected chi connectivity index (χ3v) is 3.51. The molecule has 5 nitrogen and oxygen atoms in total. The third kappa shape index (κ3) is 2.66. The Kier molecular flexibility index (Phi) is 4.37. The number of rotatable bonds is 5. The minimum atomic E-state index is -0.259. The highest BCUT2D eigenvalue weighted by Crippen LogP contribution is 2.14. The van der Waals surface area contributed by atoms with Crippen LogP contribution >= 0.6 is 0 Å². The van der Waals surface area contributed by atoms with Gasteiger partial charge in [0.25, 0.3) is 0 Å². The summed E-state index contributed by atoms with van der Waals surface area (Å²) in [6, 6.07) is 1.92. The van der Waals surface area contributed by atoms with Gasteiger partial charge in [0.1, 0.15) is 5.65 Å². The van der Waals surface area contributed by atoms with E-state index < -0.39 is 0 Å². The zero-order valence-electron chi connectivity index (χ0n) is 12.7. The predicted molar refractivity (Wildman–Crippen MR) is 81.5 cm³/mol. The van der Waals surface area contributed by atoms with Crippen molar-refractivity contribution in [2.24, 2.45) is 0 Å². The van der Waals surface area contributed by atoms with Crippen molar-refractivity contribution in [3.05, 3.63) is 33.9 Å². The van der Waals surface area contributed by atoms with Crippen molar-refractivity contribution < 1.29 is 0 Å². The summed E-state index contributed by atoms with van der Waals surface area (Å²) in [4.78, 5) is 23.0. The van der Waals surface area contributed by atoms with E-state index in [1.165, 1.54) is 4.40 Å². The summed E-state index contributed by atoms with van der Waals surface area (Å²) in [7, 11) is 0. The number of hydrogen-bond acceptors (Lipinski definition) is 4. The van der Waals surface area contributed by atoms with E-state index in [-0.39, 0.29) is 5.69 Å². The van der Waals surface area contributed by atoms with Gasteiger partial charge in [-0.3, -0.25) is 4.40 Å². The van der Waals surface area contributed by atoms with Gasteiger partial charge in [0.15, 0.2) is 0 Å². The first-order valence-corrected chi connectivity index (χ1v) is 7.20. The minimum absolute atomic E-state index is 0.259. The van der Waals surface area contributed by atoms with Crippen LogP contribution in [0.5, 0.6) is 0 Å². The van der Waals surface area contributed by atoms with Crippen molar-refractivity contribution in [2.75, 3.05) is 18.0 Å². The summed E-state index contributed by atoms with van der Waals surface area (Å²) in [6.07, 6.45) is 3.76. The molecule has 0 aromatic carbocycles. The van der Waals surface area contributed by atoms with Crippen LogP contribution in [-0.4, -0.2) is 27.5 Å². The van der Waals surface area contributed by atoms with Crippen molar-refractivity contribution in [3.8, 4) is 0 Å². The molecule has 0 atom stereocenters. The van der Waals surface area contributed by atoms with Gasteiger partial charge in [0.05, 0.1) is 0 Å². The van der Waals surface area contributed by atoms with Gasteiger partial charge in [-0.1, -0.05) is 13.8 Å². The van der Waals surface area contributed by atoms with Crippen molar-refractivity contribution in [1.29, 1.82) is 0 Å². The van der Waals surface area contributed by atoms with Crippen LogP contribution in [0.2, 0.25) is 0 Å². The molecule has 20 heavy (non-hydrogen) atoms. The summed E-state index contributed by atoms with van der Waals surface area (Å²) in [6.45, 7) is 9.99. The molecule has 108 valence electrons. The van der Waals surface area contributed by atoms with Gasteiger partial charge in [-0.15, -0.1) is 0 Å². The first-order valence-electron chi connectivity index (χ1n) is 7.20. The molecule has 0 aliphatic carbocycles. The number of fused-ring (bicyclic) bond motifs is 1. The SMILES string of the molecule is CCCN(CCC)c1nc(=O)n2ccc(C)c(C)c2n1. The van der Waals surface area contributed by atoms with Gasteiger partial charge >= 0.3 is 5.69 Å². The second kappa shape index (κ2) is 6.03. The van der Waals surface area contributed by atoms with Crippen LogP contribution in [0.4, 0.5) is 5.95 Å². The Balaban J connectivity index is 2.60. The fraction of sp³-hybridized carbons (Fsp3) is 0.533. The van der Waals surface area contributed by atoms with E-state index >= 15 is 0 Å². The first kappa shape index (κ1) is 14.5. The molecule has 0 amide bonds. The number of hydrogen-bond donors (Lipinski definition) is 0. The Labute approximate surface area is 119 Å². The van der Waals surface area contributed by atoms with Crippen molar-refractivity contribution in [1.82, 2.24) is 14.4 Å². The molecule has 5 heteroatoms. The van der Waals surface area contributed by atoms with Crippen molar-refractivity contribution in [3.63, 3.8) is 0 Å². The average Bonchev–Trinajstić information content (AvgIpc) is 2.43. The van der Waals surface area contributed by atoms with Crippen LogP contribution in [0, 0.1) is 13.8 Å². The second-order valence-electron chi connectivity index (χ2n) is 5.11. The molecule has 0 radical (unpaired) electrons. The van der Waals surface area contributed by atoms with Gasteiger partial charge in [0.2, 0.25) is 5.95 Å². The Bertz CT molecular complexity index is 657. The predicted octanol–water partition coefficient (Wildman–Crippen LogP) is 2.33. The minimum Gasteiger partial charge on any atom is -0.341 e. The molecule has 0 unspecified atom stereocenters. The maximum absolute atomic E-state index is 12.2. The fourth-order valence-electron chi connectivity index (χ4n) is 2.28. The Morgan fingerprint density at radius 1 is 1.15 bits per heavy atom. The monoisotopic (exact) mass is 274 g/mol. The largest absolute Gasteiger partial charge is 0.356 e. The fourth-order valence-corrected chi connectivity index (χ4v) is 2.28. The molecule has 0 fully saturated rings. The summed E-state index contributed by atoms with van der Waals surface area (Å²) in [5.41, 5.74) is 2.61. The van der Waals surface area contributed by atoms with Gasteiger partial charge in [-0.05, 0) is 43.9 Å². The molecule has 2 rings (SSSR count). The summed E-state index contributed by atoms with van der Waals surface area (Å²) in [5.74, 6) is 0.549. The highest BCUT2D eigenvalue weighted by molar-refractivity contribution is 5.52. The molecule has 0 aliphatic rings. The first-order chi connectivity index (χ1) is 9.58. The van der Waals surface area contributed by atoms with Gasteiger partial charge in [-0.2, -0.15) is 9.97 Å². The molecule has 0 saturated heterocycles. The quantitative estimate of drug-likeness (QED) is 0.839. The second-order valence-corrected chi connectivity index (χ2v) is 5.11. The molecule has 2 heterocycles. The average molecular weight is 274 g/mol. The highest BCUT2D eigenvalue weighted by atomic mass is 16.1. The highest BCUT2D eigenvalue weighted by Gasteiger charge is 2.12. The topological polar surface area (TPSA) is 50.5 Å². The summed E-state index contributed by atoms with van der Waals surface area (Å²) < 4.78 is 1.52. The van der Waals surface area contributed by atoms with Gasteiger partial charge in [-0.25, -0.2) is 4.79 Å². The van der Waals surface area contributed by atoms with E-state index in [1.807, 2.05) is 19.9 Å². The molecule has 0 saturated carbocycles. The van der Waals surface area contributed by atoms with Crippen LogP contribution in [-0.2, 0) is 0 Å². The number of nitrogens with zero attached hydrogens (tertiary/aromatic N) is 4. The zero-order valence-corrected chi connectivity index (χ0v) is 12.7. The van der Waals surface area contributed by atoms with Crippen LogP contribution in [0.25, 0.3) is 5.65 Å². The molecule has 2 aromatic rings. The number of anilines is 1. The van der Waals surface area contributed by atoms with Gasteiger partial charge in [0, 0.05) is 19.3 Å². The van der Waals surface area contributed by atoms with Crippen molar-refractivity contribution >= 4 is 11.6 Å². The number of aromatic nitrogens is 3. The van der Waals surface area contributed by atoms with E-state index in [0.29, 0.717) is 11.6 Å². The third-order valence-electron chi connectivity index (χ3n) is 3.51. The molecule has 0 aliphatic heterocycles. The van der Waals surface area contributed by atoms with E-state index in [4.69, 9.17) is 0 Å². The summed E-state index contributed by atoms with van der Waals surface area (Å²) in [5, 5.41) is 0. The van der Waals surface area contributed by atoms with E-state index in [9.17, 15) is 4.79 Å². The van der Waals surface area contributed by atoms with Crippen LogP contribution in [0.15, 0.2) is 17.1 Å². The number of aryl methyl sites for hydroxylation is 2. The maximum atomic E-state index is 12.2. The molecule has 2 aromatic heterocycles. The molecular weight excluding hydrogens is 252 g/mol. The normalized spacial score (nSPS) is 11.0. The lowest BCUT2D eigenvalue weighted by molar-refractivity contribution is 0.713. The van der Waals surface area contributed by atoms with Crippen LogP contribution < -0.4 is 10.6 Å². The van der Waals surface area contributed by atoms with E-state index in [2.05, 4.69) is 28.7 Å². The zero-order chi connectivity index (χ0) is 14.7. The van der Waals surface area contributed by atoms with Crippen molar-refractivity contribution in [2.45, 2.75) is 40.5 Å². The lowest BCUT2D eigenvalue weighted by Crippen LogP contribution is -2.31. The summed E-state index contributed by atoms with van der Waals surface area (Å²) >= 11 is 0. The van der Waals surface area contributed by atoms with Gasteiger partial charge < -0.3 is 4.90 Å².